The zero-order chi connectivity index (χ0) is 11.7. The number of aromatic amines is 1. The van der Waals surface area contributed by atoms with E-state index in [0.717, 1.165) is 0 Å². The van der Waals surface area contributed by atoms with Gasteiger partial charge in [-0.1, -0.05) is 17.7 Å². The summed E-state index contributed by atoms with van der Waals surface area (Å²) in [4.78, 5) is 11.6. The topological polar surface area (TPSA) is 76.7 Å². The first-order valence-electron chi connectivity index (χ1n) is 4.78. The van der Waals surface area contributed by atoms with Crippen LogP contribution >= 0.6 is 11.6 Å². The molecule has 0 saturated heterocycles. The Hall–Kier alpha value is -1.59. The summed E-state index contributed by atoms with van der Waals surface area (Å²) in [5, 5.41) is 6.81. The van der Waals surface area contributed by atoms with Crippen molar-refractivity contribution in [1.82, 2.24) is 14.8 Å². The van der Waals surface area contributed by atoms with Gasteiger partial charge in [0.15, 0.2) is 5.82 Å². The molecule has 16 heavy (non-hydrogen) atoms. The largest absolute Gasteiger partial charge is 0.347 e. The number of rotatable bonds is 2. The Labute approximate surface area is 96.8 Å². The number of nitrogens with zero attached hydrogens (tertiary/aromatic N) is 2. The lowest BCUT2D eigenvalue weighted by atomic mass is 10.3. The molecule has 2 rings (SSSR count). The molecular formula is C10H11ClN4O. The van der Waals surface area contributed by atoms with Crippen LogP contribution in [-0.2, 0) is 0 Å². The number of hydrogen-bond donors (Lipinski definition) is 2. The third kappa shape index (κ3) is 1.87. The molecule has 0 saturated carbocycles. The Kier molecular flexibility index (Phi) is 2.80. The van der Waals surface area contributed by atoms with E-state index in [-0.39, 0.29) is 11.7 Å². The molecule has 1 heterocycles. The lowest BCUT2D eigenvalue weighted by Crippen LogP contribution is -2.20. The van der Waals surface area contributed by atoms with Gasteiger partial charge in [-0.25, -0.2) is 14.5 Å². The average Bonchev–Trinajstić information content (AvgIpc) is 2.60. The number of nitrogens with two attached hydrogens (primary N) is 1. The summed E-state index contributed by atoms with van der Waals surface area (Å²) in [5.41, 5.74) is 6.06. The summed E-state index contributed by atoms with van der Waals surface area (Å²) < 4.78 is 1.41. The number of halogens is 1. The van der Waals surface area contributed by atoms with Crippen LogP contribution in [0.3, 0.4) is 0 Å². The van der Waals surface area contributed by atoms with Crippen molar-refractivity contribution in [1.29, 1.82) is 0 Å². The van der Waals surface area contributed by atoms with Crippen molar-refractivity contribution in [3.63, 3.8) is 0 Å². The number of hydrogen-bond acceptors (Lipinski definition) is 3. The van der Waals surface area contributed by atoms with Crippen molar-refractivity contribution < 1.29 is 0 Å². The van der Waals surface area contributed by atoms with E-state index in [1.807, 2.05) is 0 Å². The number of aromatic nitrogens is 3. The quantitative estimate of drug-likeness (QED) is 0.826. The Bertz CT molecular complexity index is 558. The first-order valence-corrected chi connectivity index (χ1v) is 5.16. The zero-order valence-electron chi connectivity index (χ0n) is 8.64. The molecule has 1 unspecified atom stereocenters. The lowest BCUT2D eigenvalue weighted by Gasteiger charge is -2.07. The third-order valence-corrected chi connectivity index (χ3v) is 2.41. The monoisotopic (exact) mass is 238 g/mol. The molecule has 6 heteroatoms. The second-order valence-electron chi connectivity index (χ2n) is 3.49. The standard InChI is InChI=1S/C10H11ClN4O/c1-6(12)9-13-14-10(16)15(9)8-4-2-3-7(11)5-8/h2-6H,12H2,1H3,(H,14,16). The van der Waals surface area contributed by atoms with Gasteiger partial charge in [0.2, 0.25) is 0 Å². The average molecular weight is 239 g/mol. The van der Waals surface area contributed by atoms with E-state index in [2.05, 4.69) is 10.2 Å². The molecule has 1 aromatic carbocycles. The van der Waals surface area contributed by atoms with Crippen molar-refractivity contribution in [2.24, 2.45) is 5.73 Å². The number of nitrogens with one attached hydrogen (secondary N) is 1. The van der Waals surface area contributed by atoms with Gasteiger partial charge in [-0.05, 0) is 25.1 Å². The Morgan fingerprint density at radius 1 is 1.56 bits per heavy atom. The van der Waals surface area contributed by atoms with E-state index in [0.29, 0.717) is 16.5 Å². The molecule has 1 aromatic heterocycles. The van der Waals surface area contributed by atoms with E-state index in [4.69, 9.17) is 17.3 Å². The molecule has 0 amide bonds. The van der Waals surface area contributed by atoms with E-state index in [1.54, 1.807) is 31.2 Å². The molecule has 0 radical (unpaired) electrons. The van der Waals surface area contributed by atoms with Crippen molar-refractivity contribution in [2.45, 2.75) is 13.0 Å². The maximum Gasteiger partial charge on any atom is 0.347 e. The predicted molar refractivity (Wildman–Crippen MR) is 61.8 cm³/mol. The highest BCUT2D eigenvalue weighted by Gasteiger charge is 2.13. The van der Waals surface area contributed by atoms with Gasteiger partial charge in [-0.2, -0.15) is 5.10 Å². The van der Waals surface area contributed by atoms with Gasteiger partial charge in [-0.3, -0.25) is 0 Å². The maximum atomic E-state index is 11.6. The minimum Gasteiger partial charge on any atom is -0.322 e. The summed E-state index contributed by atoms with van der Waals surface area (Å²) in [6.07, 6.45) is 0. The summed E-state index contributed by atoms with van der Waals surface area (Å²) in [5.74, 6) is 0.479. The first-order chi connectivity index (χ1) is 7.59. The van der Waals surface area contributed by atoms with Gasteiger partial charge >= 0.3 is 5.69 Å². The van der Waals surface area contributed by atoms with Gasteiger partial charge in [0.05, 0.1) is 11.7 Å². The van der Waals surface area contributed by atoms with Crippen LogP contribution in [-0.4, -0.2) is 14.8 Å². The molecule has 5 nitrogen and oxygen atoms in total. The molecule has 0 aliphatic rings. The van der Waals surface area contributed by atoms with E-state index < -0.39 is 0 Å². The minimum atomic E-state index is -0.335. The van der Waals surface area contributed by atoms with Crippen LogP contribution in [0.25, 0.3) is 5.69 Å². The third-order valence-electron chi connectivity index (χ3n) is 2.17. The Morgan fingerprint density at radius 2 is 2.31 bits per heavy atom. The fraction of sp³-hybridized carbons (Fsp3) is 0.200. The fourth-order valence-electron chi connectivity index (χ4n) is 1.48. The highest BCUT2D eigenvalue weighted by Crippen LogP contribution is 2.16. The highest BCUT2D eigenvalue weighted by molar-refractivity contribution is 6.30. The molecular weight excluding hydrogens is 228 g/mol. The van der Waals surface area contributed by atoms with Crippen LogP contribution in [0.15, 0.2) is 29.1 Å². The van der Waals surface area contributed by atoms with Gasteiger partial charge in [0.25, 0.3) is 0 Å². The van der Waals surface area contributed by atoms with Crippen LogP contribution in [0.1, 0.15) is 18.8 Å². The summed E-state index contributed by atoms with van der Waals surface area (Å²) in [7, 11) is 0. The van der Waals surface area contributed by atoms with Gasteiger partial charge in [0.1, 0.15) is 0 Å². The van der Waals surface area contributed by atoms with Crippen LogP contribution in [0, 0.1) is 0 Å². The minimum absolute atomic E-state index is 0.324. The first kappa shape index (κ1) is 10.9. The van der Waals surface area contributed by atoms with E-state index >= 15 is 0 Å². The highest BCUT2D eigenvalue weighted by atomic mass is 35.5. The molecule has 84 valence electrons. The lowest BCUT2D eigenvalue weighted by molar-refractivity contribution is 0.712. The molecule has 0 aliphatic carbocycles. The maximum absolute atomic E-state index is 11.6. The Morgan fingerprint density at radius 3 is 2.94 bits per heavy atom. The smallest absolute Gasteiger partial charge is 0.322 e. The molecule has 0 bridgehead atoms. The molecule has 0 spiro atoms. The number of H-pyrrole nitrogens is 1. The van der Waals surface area contributed by atoms with Crippen LogP contribution in [0.2, 0.25) is 5.02 Å². The van der Waals surface area contributed by atoms with Gasteiger partial charge in [-0.15, -0.1) is 0 Å². The van der Waals surface area contributed by atoms with Crippen LogP contribution in [0.4, 0.5) is 0 Å². The second kappa shape index (κ2) is 4.11. The van der Waals surface area contributed by atoms with E-state index in [9.17, 15) is 4.79 Å². The van der Waals surface area contributed by atoms with Crippen LogP contribution in [0.5, 0.6) is 0 Å². The predicted octanol–water partition coefficient (Wildman–Crippen LogP) is 1.23. The fourth-order valence-corrected chi connectivity index (χ4v) is 1.66. The summed E-state index contributed by atoms with van der Waals surface area (Å²) >= 11 is 5.87. The van der Waals surface area contributed by atoms with Crippen molar-refractivity contribution in [2.75, 3.05) is 0 Å². The van der Waals surface area contributed by atoms with Gasteiger partial charge < -0.3 is 5.73 Å². The van der Waals surface area contributed by atoms with Crippen molar-refractivity contribution in [3.8, 4) is 5.69 Å². The van der Waals surface area contributed by atoms with Crippen molar-refractivity contribution >= 4 is 11.6 Å². The normalized spacial score (nSPS) is 12.7. The zero-order valence-corrected chi connectivity index (χ0v) is 9.40. The number of benzene rings is 1. The van der Waals surface area contributed by atoms with Crippen molar-refractivity contribution in [3.05, 3.63) is 45.6 Å². The van der Waals surface area contributed by atoms with Gasteiger partial charge in [0, 0.05) is 5.02 Å². The molecule has 2 aromatic rings. The van der Waals surface area contributed by atoms with Crippen LogP contribution < -0.4 is 11.4 Å². The van der Waals surface area contributed by atoms with E-state index in [1.165, 1.54) is 4.57 Å². The molecule has 3 N–H and O–H groups in total. The molecule has 1 atom stereocenters. The molecule has 0 aliphatic heterocycles. The Balaban J connectivity index is 2.63. The summed E-state index contributed by atoms with van der Waals surface area (Å²) in [6.45, 7) is 1.76. The summed E-state index contributed by atoms with van der Waals surface area (Å²) in [6, 6.07) is 6.63. The second-order valence-corrected chi connectivity index (χ2v) is 3.93. The molecule has 0 fully saturated rings. The SMILES string of the molecule is CC(N)c1n[nH]c(=O)n1-c1cccc(Cl)c1.